The summed E-state index contributed by atoms with van der Waals surface area (Å²) in [6, 6.07) is 2.13. The number of fused-ring (bicyclic) bond motifs is 1. The van der Waals surface area contributed by atoms with Gasteiger partial charge in [0.2, 0.25) is 0 Å². The second kappa shape index (κ2) is 5.62. The van der Waals surface area contributed by atoms with E-state index < -0.39 is 0 Å². The molecule has 6 nitrogen and oxygen atoms in total. The van der Waals surface area contributed by atoms with Crippen molar-refractivity contribution in [3.8, 4) is 11.1 Å². The number of morpholine rings is 1. The molecule has 1 aliphatic rings. The lowest BCUT2D eigenvalue weighted by atomic mass is 10.1. The average molecular weight is 309 g/mol. The first-order valence-electron chi connectivity index (χ1n) is 7.83. The van der Waals surface area contributed by atoms with E-state index in [4.69, 9.17) is 4.74 Å². The highest BCUT2D eigenvalue weighted by Gasteiger charge is 2.22. The molecule has 0 radical (unpaired) electrons. The molecule has 1 atom stereocenters. The standard InChI is InChI=1S/C17H19N5O/c1-11-5-13(7-18-6-11)14-8-19-16-15(14)17(21-10-20-16)22-3-4-23-12(2)9-22/h5-8,10,12H,3-4,9H2,1-2H3,(H,19,20,21). The fourth-order valence-corrected chi connectivity index (χ4v) is 3.13. The van der Waals surface area contributed by atoms with Crippen molar-refractivity contribution in [2.45, 2.75) is 20.0 Å². The summed E-state index contributed by atoms with van der Waals surface area (Å²) in [6.45, 7) is 6.54. The second-order valence-corrected chi connectivity index (χ2v) is 6.00. The number of aromatic amines is 1. The molecular weight excluding hydrogens is 290 g/mol. The SMILES string of the molecule is Cc1cncc(-c2c[nH]c3ncnc(N4CCOC(C)C4)c23)c1. The zero-order valence-corrected chi connectivity index (χ0v) is 13.3. The Morgan fingerprint density at radius 1 is 1.30 bits per heavy atom. The monoisotopic (exact) mass is 309 g/mol. The highest BCUT2D eigenvalue weighted by Crippen LogP contribution is 2.34. The fraction of sp³-hybridized carbons (Fsp3) is 0.353. The van der Waals surface area contributed by atoms with Crippen molar-refractivity contribution in [2.24, 2.45) is 0 Å². The highest BCUT2D eigenvalue weighted by atomic mass is 16.5. The topological polar surface area (TPSA) is 66.9 Å². The zero-order chi connectivity index (χ0) is 15.8. The molecule has 23 heavy (non-hydrogen) atoms. The molecule has 1 fully saturated rings. The molecule has 0 spiro atoms. The molecule has 0 aromatic carbocycles. The van der Waals surface area contributed by atoms with E-state index in [1.54, 1.807) is 6.33 Å². The fourth-order valence-electron chi connectivity index (χ4n) is 3.13. The Labute approximate surface area is 134 Å². The lowest BCUT2D eigenvalue weighted by Gasteiger charge is -2.32. The van der Waals surface area contributed by atoms with E-state index in [1.165, 1.54) is 0 Å². The molecule has 0 bridgehead atoms. The molecular formula is C17H19N5O. The molecule has 1 saturated heterocycles. The Balaban J connectivity index is 1.87. The molecule has 1 aliphatic heterocycles. The zero-order valence-electron chi connectivity index (χ0n) is 13.3. The van der Waals surface area contributed by atoms with Crippen molar-refractivity contribution in [1.29, 1.82) is 0 Å². The molecule has 4 heterocycles. The van der Waals surface area contributed by atoms with Crippen molar-refractivity contribution in [1.82, 2.24) is 19.9 Å². The number of pyridine rings is 1. The second-order valence-electron chi connectivity index (χ2n) is 6.00. The number of nitrogens with zero attached hydrogens (tertiary/aromatic N) is 4. The van der Waals surface area contributed by atoms with Gasteiger partial charge in [-0.05, 0) is 25.5 Å². The molecule has 4 rings (SSSR count). The number of hydrogen-bond acceptors (Lipinski definition) is 5. The van der Waals surface area contributed by atoms with Crippen LogP contribution >= 0.6 is 0 Å². The Hall–Kier alpha value is -2.47. The number of hydrogen-bond donors (Lipinski definition) is 1. The van der Waals surface area contributed by atoms with Gasteiger partial charge in [-0.15, -0.1) is 0 Å². The molecule has 3 aromatic heterocycles. The van der Waals surface area contributed by atoms with Crippen LogP contribution in [0.15, 0.2) is 31.0 Å². The summed E-state index contributed by atoms with van der Waals surface area (Å²) in [5.74, 6) is 0.961. The number of aromatic nitrogens is 4. The number of anilines is 1. The largest absolute Gasteiger partial charge is 0.375 e. The van der Waals surface area contributed by atoms with Crippen LogP contribution in [0.25, 0.3) is 22.2 Å². The maximum absolute atomic E-state index is 5.65. The van der Waals surface area contributed by atoms with Gasteiger partial charge in [0, 0.05) is 42.8 Å². The molecule has 0 saturated carbocycles. The van der Waals surface area contributed by atoms with Crippen molar-refractivity contribution < 1.29 is 4.74 Å². The number of rotatable bonds is 2. The van der Waals surface area contributed by atoms with Crippen LogP contribution < -0.4 is 4.90 Å². The van der Waals surface area contributed by atoms with Crippen LogP contribution in [-0.4, -0.2) is 45.7 Å². The molecule has 6 heteroatoms. The predicted octanol–water partition coefficient (Wildman–Crippen LogP) is 2.55. The Bertz CT molecular complexity index is 844. The van der Waals surface area contributed by atoms with Crippen molar-refractivity contribution in [3.63, 3.8) is 0 Å². The highest BCUT2D eigenvalue weighted by molar-refractivity contribution is 6.01. The van der Waals surface area contributed by atoms with E-state index in [-0.39, 0.29) is 6.10 Å². The lowest BCUT2D eigenvalue weighted by Crippen LogP contribution is -2.41. The van der Waals surface area contributed by atoms with E-state index in [1.807, 2.05) is 25.5 Å². The van der Waals surface area contributed by atoms with E-state index in [0.717, 1.165) is 53.2 Å². The van der Waals surface area contributed by atoms with Gasteiger partial charge < -0.3 is 14.6 Å². The maximum Gasteiger partial charge on any atom is 0.143 e. The van der Waals surface area contributed by atoms with Crippen molar-refractivity contribution in [2.75, 3.05) is 24.6 Å². The molecule has 3 aromatic rings. The summed E-state index contributed by atoms with van der Waals surface area (Å²) in [6.07, 6.45) is 7.56. The minimum absolute atomic E-state index is 0.205. The summed E-state index contributed by atoms with van der Waals surface area (Å²) in [7, 11) is 0. The third-order valence-electron chi connectivity index (χ3n) is 4.18. The number of H-pyrrole nitrogens is 1. The first-order valence-corrected chi connectivity index (χ1v) is 7.83. The van der Waals surface area contributed by atoms with Crippen LogP contribution in [0.1, 0.15) is 12.5 Å². The van der Waals surface area contributed by atoms with E-state index >= 15 is 0 Å². The van der Waals surface area contributed by atoms with Gasteiger partial charge in [-0.3, -0.25) is 4.98 Å². The maximum atomic E-state index is 5.65. The summed E-state index contributed by atoms with van der Waals surface area (Å²) < 4.78 is 5.65. The number of aryl methyl sites for hydroxylation is 1. The Morgan fingerprint density at radius 3 is 3.04 bits per heavy atom. The Morgan fingerprint density at radius 2 is 2.22 bits per heavy atom. The van der Waals surface area contributed by atoms with Crippen LogP contribution in [0.2, 0.25) is 0 Å². The summed E-state index contributed by atoms with van der Waals surface area (Å²) in [5.41, 5.74) is 4.15. The van der Waals surface area contributed by atoms with Crippen LogP contribution in [-0.2, 0) is 4.74 Å². The first kappa shape index (κ1) is 14.1. The molecule has 0 amide bonds. The van der Waals surface area contributed by atoms with Gasteiger partial charge in [-0.25, -0.2) is 9.97 Å². The van der Waals surface area contributed by atoms with Crippen LogP contribution in [0.4, 0.5) is 5.82 Å². The normalized spacial score (nSPS) is 18.5. The smallest absolute Gasteiger partial charge is 0.143 e. The average Bonchev–Trinajstić information content (AvgIpc) is 2.99. The minimum Gasteiger partial charge on any atom is -0.375 e. The molecule has 1 N–H and O–H groups in total. The lowest BCUT2D eigenvalue weighted by molar-refractivity contribution is 0.0530. The van der Waals surface area contributed by atoms with Gasteiger partial charge in [-0.2, -0.15) is 0 Å². The number of nitrogens with one attached hydrogen (secondary N) is 1. The van der Waals surface area contributed by atoms with Gasteiger partial charge in [0.05, 0.1) is 18.1 Å². The van der Waals surface area contributed by atoms with Crippen LogP contribution in [0.3, 0.4) is 0 Å². The van der Waals surface area contributed by atoms with Gasteiger partial charge in [0.25, 0.3) is 0 Å². The number of ether oxygens (including phenoxy) is 1. The van der Waals surface area contributed by atoms with E-state index in [2.05, 4.69) is 37.8 Å². The Kier molecular flexibility index (Phi) is 3.46. The third kappa shape index (κ3) is 2.55. The predicted molar refractivity (Wildman–Crippen MR) is 89.5 cm³/mol. The molecule has 0 aliphatic carbocycles. The molecule has 1 unspecified atom stereocenters. The van der Waals surface area contributed by atoms with Crippen LogP contribution in [0, 0.1) is 6.92 Å². The van der Waals surface area contributed by atoms with E-state index in [9.17, 15) is 0 Å². The van der Waals surface area contributed by atoms with Crippen molar-refractivity contribution in [3.05, 3.63) is 36.5 Å². The first-order chi connectivity index (χ1) is 11.2. The van der Waals surface area contributed by atoms with Crippen LogP contribution in [0.5, 0.6) is 0 Å². The van der Waals surface area contributed by atoms with E-state index in [0.29, 0.717) is 0 Å². The van der Waals surface area contributed by atoms with Gasteiger partial charge >= 0.3 is 0 Å². The minimum atomic E-state index is 0.205. The van der Waals surface area contributed by atoms with Gasteiger partial charge in [0.15, 0.2) is 0 Å². The summed E-state index contributed by atoms with van der Waals surface area (Å²) in [5, 5.41) is 1.05. The van der Waals surface area contributed by atoms with Gasteiger partial charge in [-0.1, -0.05) is 0 Å². The van der Waals surface area contributed by atoms with Crippen molar-refractivity contribution >= 4 is 16.9 Å². The quantitative estimate of drug-likeness (QED) is 0.788. The summed E-state index contributed by atoms with van der Waals surface area (Å²) >= 11 is 0. The summed E-state index contributed by atoms with van der Waals surface area (Å²) in [4.78, 5) is 18.8. The van der Waals surface area contributed by atoms with Gasteiger partial charge in [0.1, 0.15) is 17.8 Å². The molecule has 118 valence electrons. The third-order valence-corrected chi connectivity index (χ3v) is 4.18.